The highest BCUT2D eigenvalue weighted by Gasteiger charge is 2.07. The van der Waals surface area contributed by atoms with Gasteiger partial charge in [0.05, 0.1) is 25.4 Å². The predicted octanol–water partition coefficient (Wildman–Crippen LogP) is 4.30. The van der Waals surface area contributed by atoms with Crippen LogP contribution in [0.1, 0.15) is 18.1 Å². The van der Waals surface area contributed by atoms with Crippen LogP contribution in [-0.2, 0) is 0 Å². The van der Waals surface area contributed by atoms with E-state index in [0.717, 1.165) is 5.56 Å². The second kappa shape index (κ2) is 7.28. The lowest BCUT2D eigenvalue weighted by Crippen LogP contribution is -1.95. The maximum Gasteiger partial charge on any atom is 0.161 e. The van der Waals surface area contributed by atoms with Crippen molar-refractivity contribution in [3.63, 3.8) is 0 Å². The third kappa shape index (κ3) is 3.64. The van der Waals surface area contributed by atoms with Gasteiger partial charge in [0.1, 0.15) is 5.82 Å². The van der Waals surface area contributed by atoms with Crippen LogP contribution in [0.5, 0.6) is 11.5 Å². The summed E-state index contributed by atoms with van der Waals surface area (Å²) in [5, 5.41) is 9.31. The SMILES string of the molecule is CCOc1cc(/C=C(/C#N)c2cccc(F)c2)ccc1OC. The number of halogens is 1. The largest absolute Gasteiger partial charge is 0.493 e. The molecule has 0 saturated heterocycles. The van der Waals surface area contributed by atoms with Gasteiger partial charge in [-0.15, -0.1) is 0 Å². The number of rotatable bonds is 5. The van der Waals surface area contributed by atoms with Gasteiger partial charge in [0.25, 0.3) is 0 Å². The van der Waals surface area contributed by atoms with Crippen LogP contribution < -0.4 is 9.47 Å². The van der Waals surface area contributed by atoms with E-state index in [1.54, 1.807) is 37.5 Å². The summed E-state index contributed by atoms with van der Waals surface area (Å²) in [6, 6.07) is 13.4. The number of allylic oxidation sites excluding steroid dienone is 1. The summed E-state index contributed by atoms with van der Waals surface area (Å²) in [5.41, 5.74) is 1.70. The van der Waals surface area contributed by atoms with E-state index in [1.807, 2.05) is 13.0 Å². The monoisotopic (exact) mass is 297 g/mol. The standard InChI is InChI=1S/C18H16FNO2/c1-3-22-18-10-13(7-8-17(18)21-2)9-15(12-20)14-5-4-6-16(19)11-14/h4-11H,3H2,1-2H3/b15-9-. The van der Waals surface area contributed by atoms with Crippen molar-refractivity contribution in [3.8, 4) is 17.6 Å². The number of benzene rings is 2. The van der Waals surface area contributed by atoms with Crippen molar-refractivity contribution >= 4 is 11.6 Å². The molecule has 0 aliphatic carbocycles. The third-order valence-electron chi connectivity index (χ3n) is 3.05. The van der Waals surface area contributed by atoms with E-state index in [-0.39, 0.29) is 5.82 Å². The summed E-state index contributed by atoms with van der Waals surface area (Å²) in [7, 11) is 1.57. The minimum Gasteiger partial charge on any atom is -0.493 e. The fourth-order valence-corrected chi connectivity index (χ4v) is 2.05. The molecule has 0 N–H and O–H groups in total. The van der Waals surface area contributed by atoms with E-state index in [1.165, 1.54) is 12.1 Å². The average molecular weight is 297 g/mol. The van der Waals surface area contributed by atoms with Crippen LogP contribution >= 0.6 is 0 Å². The normalized spacial score (nSPS) is 10.9. The van der Waals surface area contributed by atoms with Gasteiger partial charge >= 0.3 is 0 Å². The number of nitrogens with zero attached hydrogens (tertiary/aromatic N) is 1. The second-order valence-corrected chi connectivity index (χ2v) is 4.52. The zero-order valence-electron chi connectivity index (χ0n) is 12.5. The van der Waals surface area contributed by atoms with Crippen molar-refractivity contribution in [3.05, 3.63) is 59.4 Å². The third-order valence-corrected chi connectivity index (χ3v) is 3.05. The molecule has 4 heteroatoms. The highest BCUT2D eigenvalue weighted by Crippen LogP contribution is 2.29. The summed E-state index contributed by atoms with van der Waals surface area (Å²) in [4.78, 5) is 0. The first-order valence-electron chi connectivity index (χ1n) is 6.86. The molecule has 0 unspecified atom stereocenters. The molecule has 2 aromatic carbocycles. The highest BCUT2D eigenvalue weighted by atomic mass is 19.1. The first kappa shape index (κ1) is 15.6. The zero-order valence-corrected chi connectivity index (χ0v) is 12.5. The summed E-state index contributed by atoms with van der Waals surface area (Å²) in [5.74, 6) is 0.863. The van der Waals surface area contributed by atoms with E-state index in [2.05, 4.69) is 6.07 Å². The van der Waals surface area contributed by atoms with Crippen LogP contribution in [0.4, 0.5) is 4.39 Å². The Bertz CT molecular complexity index is 732. The van der Waals surface area contributed by atoms with Gasteiger partial charge in [-0.05, 0) is 48.4 Å². The molecule has 2 rings (SSSR count). The number of nitriles is 1. The molecule has 0 bridgehead atoms. The highest BCUT2D eigenvalue weighted by molar-refractivity contribution is 5.89. The minimum atomic E-state index is -0.372. The smallest absolute Gasteiger partial charge is 0.161 e. The van der Waals surface area contributed by atoms with Crippen molar-refractivity contribution in [2.75, 3.05) is 13.7 Å². The molecule has 0 heterocycles. The molecule has 0 amide bonds. The Morgan fingerprint density at radius 2 is 2.05 bits per heavy atom. The van der Waals surface area contributed by atoms with Crippen molar-refractivity contribution in [2.45, 2.75) is 6.92 Å². The van der Waals surface area contributed by atoms with E-state index in [0.29, 0.717) is 29.2 Å². The predicted molar refractivity (Wildman–Crippen MR) is 84.0 cm³/mol. The van der Waals surface area contributed by atoms with Crippen LogP contribution in [0.3, 0.4) is 0 Å². The molecule has 0 aliphatic heterocycles. The minimum absolute atomic E-state index is 0.372. The molecule has 0 saturated carbocycles. The Labute approximate surface area is 129 Å². The van der Waals surface area contributed by atoms with Gasteiger partial charge in [0.2, 0.25) is 0 Å². The quantitative estimate of drug-likeness (QED) is 0.610. The molecule has 2 aromatic rings. The number of methoxy groups -OCH3 is 1. The first-order chi connectivity index (χ1) is 10.7. The first-order valence-corrected chi connectivity index (χ1v) is 6.86. The van der Waals surface area contributed by atoms with Gasteiger partial charge in [0, 0.05) is 0 Å². The Balaban J connectivity index is 2.42. The Morgan fingerprint density at radius 1 is 1.23 bits per heavy atom. The van der Waals surface area contributed by atoms with E-state index in [4.69, 9.17) is 9.47 Å². The number of hydrogen-bond acceptors (Lipinski definition) is 3. The fourth-order valence-electron chi connectivity index (χ4n) is 2.05. The zero-order chi connectivity index (χ0) is 15.9. The Morgan fingerprint density at radius 3 is 2.68 bits per heavy atom. The van der Waals surface area contributed by atoms with Crippen LogP contribution in [0.25, 0.3) is 11.6 Å². The molecular formula is C18H16FNO2. The number of ether oxygens (including phenoxy) is 2. The molecule has 0 aromatic heterocycles. The van der Waals surface area contributed by atoms with Gasteiger partial charge in [-0.2, -0.15) is 5.26 Å². The molecule has 0 aliphatic rings. The van der Waals surface area contributed by atoms with Crippen molar-refractivity contribution in [1.29, 1.82) is 5.26 Å². The molecule has 0 radical (unpaired) electrons. The summed E-state index contributed by atoms with van der Waals surface area (Å²) in [6.07, 6.45) is 1.69. The van der Waals surface area contributed by atoms with Crippen molar-refractivity contribution < 1.29 is 13.9 Å². The summed E-state index contributed by atoms with van der Waals surface area (Å²) >= 11 is 0. The average Bonchev–Trinajstić information content (AvgIpc) is 2.53. The maximum atomic E-state index is 13.3. The Kier molecular flexibility index (Phi) is 5.16. The molecule has 3 nitrogen and oxygen atoms in total. The lowest BCUT2D eigenvalue weighted by atomic mass is 10.0. The van der Waals surface area contributed by atoms with Crippen LogP contribution in [-0.4, -0.2) is 13.7 Å². The molecule has 112 valence electrons. The number of hydrogen-bond donors (Lipinski definition) is 0. The lowest BCUT2D eigenvalue weighted by Gasteiger charge is -2.10. The molecule has 22 heavy (non-hydrogen) atoms. The fraction of sp³-hybridized carbons (Fsp3) is 0.167. The summed E-state index contributed by atoms with van der Waals surface area (Å²) in [6.45, 7) is 2.40. The lowest BCUT2D eigenvalue weighted by molar-refractivity contribution is 0.311. The topological polar surface area (TPSA) is 42.2 Å². The van der Waals surface area contributed by atoms with Crippen LogP contribution in [0.15, 0.2) is 42.5 Å². The van der Waals surface area contributed by atoms with Gasteiger partial charge in [0.15, 0.2) is 11.5 Å². The van der Waals surface area contributed by atoms with Gasteiger partial charge in [-0.25, -0.2) is 4.39 Å². The van der Waals surface area contributed by atoms with Crippen molar-refractivity contribution in [2.24, 2.45) is 0 Å². The van der Waals surface area contributed by atoms with Gasteiger partial charge in [-0.3, -0.25) is 0 Å². The molecule has 0 fully saturated rings. The van der Waals surface area contributed by atoms with Crippen LogP contribution in [0.2, 0.25) is 0 Å². The van der Waals surface area contributed by atoms with E-state index >= 15 is 0 Å². The maximum absolute atomic E-state index is 13.3. The van der Waals surface area contributed by atoms with E-state index in [9.17, 15) is 9.65 Å². The van der Waals surface area contributed by atoms with E-state index < -0.39 is 0 Å². The van der Waals surface area contributed by atoms with Gasteiger partial charge < -0.3 is 9.47 Å². The Hall–Kier alpha value is -2.80. The van der Waals surface area contributed by atoms with Gasteiger partial charge in [-0.1, -0.05) is 18.2 Å². The summed E-state index contributed by atoms with van der Waals surface area (Å²) < 4.78 is 24.0. The molecule has 0 atom stereocenters. The second-order valence-electron chi connectivity index (χ2n) is 4.52. The molecular weight excluding hydrogens is 281 g/mol. The molecule has 0 spiro atoms. The van der Waals surface area contributed by atoms with Crippen molar-refractivity contribution in [1.82, 2.24) is 0 Å². The van der Waals surface area contributed by atoms with Crippen LogP contribution in [0, 0.1) is 17.1 Å².